The fourth-order valence-corrected chi connectivity index (χ4v) is 3.37. The number of carbonyl (C=O) groups is 4. The number of aliphatic hydroxyl groups excluding tert-OH is 1. The van der Waals surface area contributed by atoms with Crippen LogP contribution in [0, 0.1) is 0 Å². The van der Waals surface area contributed by atoms with E-state index in [4.69, 9.17) is 28.7 Å². The lowest BCUT2D eigenvalue weighted by Gasteiger charge is -2.26. The number of carboxylic acids is 1. The van der Waals surface area contributed by atoms with E-state index in [1.807, 2.05) is 0 Å². The van der Waals surface area contributed by atoms with Crippen molar-refractivity contribution in [2.75, 3.05) is 19.6 Å². The second-order valence-corrected chi connectivity index (χ2v) is 8.81. The largest absolute Gasteiger partial charge is 0.480 e. The summed E-state index contributed by atoms with van der Waals surface area (Å²) in [6.07, 6.45) is 1.98. The minimum absolute atomic E-state index is 0.0668. The van der Waals surface area contributed by atoms with Gasteiger partial charge in [0.1, 0.15) is 12.1 Å². The molecular weight excluding hydrogens is 486 g/mol. The number of rotatable bonds is 20. The van der Waals surface area contributed by atoms with Gasteiger partial charge in [-0.1, -0.05) is 0 Å². The van der Waals surface area contributed by atoms with E-state index in [1.165, 1.54) is 6.92 Å². The van der Waals surface area contributed by atoms with E-state index in [0.29, 0.717) is 51.7 Å². The van der Waals surface area contributed by atoms with Crippen LogP contribution in [-0.4, -0.2) is 89.8 Å². The molecule has 15 nitrogen and oxygen atoms in total. The molecule has 0 aromatic rings. The highest BCUT2D eigenvalue weighted by Gasteiger charge is 2.31. The van der Waals surface area contributed by atoms with Gasteiger partial charge in [-0.2, -0.15) is 0 Å². The van der Waals surface area contributed by atoms with Crippen molar-refractivity contribution in [3.8, 4) is 0 Å². The maximum absolute atomic E-state index is 13.1. The SMILES string of the molecule is CC(O)C(NC(=O)C(CCCCN)NC(=O)C(CCCCN)NC(=O)C(N)CCCN=C(N)N)C(=O)O. The number of nitrogens with one attached hydrogen (secondary N) is 3. The molecule has 15 heteroatoms. The first-order chi connectivity index (χ1) is 17.4. The molecule has 0 fully saturated rings. The average molecular weight is 532 g/mol. The molecule has 15 N–H and O–H groups in total. The fourth-order valence-electron chi connectivity index (χ4n) is 3.37. The van der Waals surface area contributed by atoms with E-state index in [0.717, 1.165) is 0 Å². The smallest absolute Gasteiger partial charge is 0.328 e. The number of carboxylic acid groups (broad SMARTS) is 1. The highest BCUT2D eigenvalue weighted by molar-refractivity contribution is 5.94. The van der Waals surface area contributed by atoms with Crippen LogP contribution in [0.25, 0.3) is 0 Å². The van der Waals surface area contributed by atoms with Gasteiger partial charge in [-0.05, 0) is 71.4 Å². The van der Waals surface area contributed by atoms with E-state index in [2.05, 4.69) is 20.9 Å². The zero-order valence-electron chi connectivity index (χ0n) is 21.5. The lowest BCUT2D eigenvalue weighted by molar-refractivity contribution is -0.145. The van der Waals surface area contributed by atoms with Gasteiger partial charge in [0, 0.05) is 6.54 Å². The summed E-state index contributed by atoms with van der Waals surface area (Å²) >= 11 is 0. The van der Waals surface area contributed by atoms with Crippen LogP contribution in [0.2, 0.25) is 0 Å². The normalized spacial score (nSPS) is 14.9. The lowest BCUT2D eigenvalue weighted by Crippen LogP contribution is -2.58. The molecule has 3 amide bonds. The standard InChI is InChI=1S/C22H45N9O6/c1-13(32)17(21(36)37)31-20(35)16(9-3-5-11-24)30-19(34)15(8-2-4-10-23)29-18(33)14(25)7-6-12-28-22(26)27/h13-17,32H,2-12,23-25H2,1H3,(H,29,33)(H,30,34)(H,31,35)(H,36,37)(H4,26,27,28). The van der Waals surface area contributed by atoms with Crippen molar-refractivity contribution in [2.24, 2.45) is 33.7 Å². The van der Waals surface area contributed by atoms with E-state index in [9.17, 15) is 29.4 Å². The fraction of sp³-hybridized carbons (Fsp3) is 0.773. The number of unbranched alkanes of at least 4 members (excludes halogenated alkanes) is 2. The van der Waals surface area contributed by atoms with Gasteiger partial charge in [0.25, 0.3) is 0 Å². The summed E-state index contributed by atoms with van der Waals surface area (Å²) in [5.41, 5.74) is 27.6. The number of carbonyl (C=O) groups excluding carboxylic acids is 3. The molecule has 5 unspecified atom stereocenters. The van der Waals surface area contributed by atoms with Gasteiger partial charge in [0.2, 0.25) is 17.7 Å². The number of hydrogen-bond acceptors (Lipinski definition) is 9. The molecule has 0 aromatic carbocycles. The van der Waals surface area contributed by atoms with Crippen molar-refractivity contribution < 1.29 is 29.4 Å². The summed E-state index contributed by atoms with van der Waals surface area (Å²) < 4.78 is 0. The van der Waals surface area contributed by atoms with E-state index in [-0.39, 0.29) is 25.2 Å². The second-order valence-electron chi connectivity index (χ2n) is 8.81. The molecule has 0 spiro atoms. The summed E-state index contributed by atoms with van der Waals surface area (Å²) in [5.74, 6) is -3.45. The van der Waals surface area contributed by atoms with Crippen LogP contribution < -0.4 is 44.6 Å². The van der Waals surface area contributed by atoms with Crippen LogP contribution in [-0.2, 0) is 19.2 Å². The van der Waals surface area contributed by atoms with Crippen LogP contribution in [0.3, 0.4) is 0 Å². The third kappa shape index (κ3) is 15.0. The van der Waals surface area contributed by atoms with Crippen molar-refractivity contribution in [3.63, 3.8) is 0 Å². The van der Waals surface area contributed by atoms with Gasteiger partial charge >= 0.3 is 5.97 Å². The molecule has 0 rings (SSSR count). The van der Waals surface area contributed by atoms with Crippen LogP contribution in [0.5, 0.6) is 0 Å². The first-order valence-electron chi connectivity index (χ1n) is 12.5. The van der Waals surface area contributed by atoms with Crippen molar-refractivity contribution in [2.45, 2.75) is 88.6 Å². The van der Waals surface area contributed by atoms with Gasteiger partial charge in [-0.15, -0.1) is 0 Å². The molecule has 0 saturated heterocycles. The third-order valence-corrected chi connectivity index (χ3v) is 5.51. The maximum atomic E-state index is 13.1. The van der Waals surface area contributed by atoms with Crippen molar-refractivity contribution in [1.29, 1.82) is 0 Å². The number of guanidine groups is 1. The molecule has 0 aromatic heterocycles. The number of hydrogen-bond donors (Lipinski definition) is 10. The Labute approximate surface area is 217 Å². The van der Waals surface area contributed by atoms with Gasteiger partial charge in [0.05, 0.1) is 12.1 Å². The van der Waals surface area contributed by atoms with Crippen LogP contribution >= 0.6 is 0 Å². The maximum Gasteiger partial charge on any atom is 0.328 e. The Balaban J connectivity index is 5.44. The molecule has 37 heavy (non-hydrogen) atoms. The molecule has 5 atom stereocenters. The van der Waals surface area contributed by atoms with Crippen LogP contribution in [0.15, 0.2) is 4.99 Å². The Kier molecular flexibility index (Phi) is 17.6. The molecule has 214 valence electrons. The number of aliphatic carboxylic acids is 1. The van der Waals surface area contributed by atoms with Crippen LogP contribution in [0.1, 0.15) is 58.3 Å². The Morgan fingerprint density at radius 3 is 1.70 bits per heavy atom. The highest BCUT2D eigenvalue weighted by atomic mass is 16.4. The topological polar surface area (TPSA) is 287 Å². The predicted molar refractivity (Wildman–Crippen MR) is 139 cm³/mol. The molecule has 0 bridgehead atoms. The van der Waals surface area contributed by atoms with Gasteiger partial charge in [-0.3, -0.25) is 19.4 Å². The van der Waals surface area contributed by atoms with Gasteiger partial charge < -0.3 is 54.8 Å². The number of amides is 3. The zero-order valence-corrected chi connectivity index (χ0v) is 21.5. The quantitative estimate of drug-likeness (QED) is 0.0418. The molecule has 0 aliphatic carbocycles. The first kappa shape index (κ1) is 34.0. The van der Waals surface area contributed by atoms with Gasteiger partial charge in [-0.25, -0.2) is 4.79 Å². The van der Waals surface area contributed by atoms with Gasteiger partial charge in [0.15, 0.2) is 12.0 Å². The Hall–Kier alpha value is -3.01. The Morgan fingerprint density at radius 1 is 0.784 bits per heavy atom. The van der Waals surface area contributed by atoms with E-state index in [1.54, 1.807) is 0 Å². The van der Waals surface area contributed by atoms with Crippen molar-refractivity contribution >= 4 is 29.7 Å². The van der Waals surface area contributed by atoms with E-state index >= 15 is 0 Å². The summed E-state index contributed by atoms with van der Waals surface area (Å²) in [4.78, 5) is 53.8. The monoisotopic (exact) mass is 531 g/mol. The second kappa shape index (κ2) is 19.1. The molecule has 0 aliphatic rings. The highest BCUT2D eigenvalue weighted by Crippen LogP contribution is 2.07. The summed E-state index contributed by atoms with van der Waals surface area (Å²) in [6, 6.07) is -4.58. The number of aliphatic hydroxyl groups is 1. The summed E-state index contributed by atoms with van der Waals surface area (Å²) in [5, 5.41) is 26.4. The molecule has 0 aliphatic heterocycles. The minimum Gasteiger partial charge on any atom is -0.480 e. The average Bonchev–Trinajstić information content (AvgIpc) is 2.82. The summed E-state index contributed by atoms with van der Waals surface area (Å²) in [7, 11) is 0. The van der Waals surface area contributed by atoms with E-state index < -0.39 is 54.0 Å². The summed E-state index contributed by atoms with van der Waals surface area (Å²) in [6.45, 7) is 2.29. The Morgan fingerprint density at radius 2 is 1.27 bits per heavy atom. The van der Waals surface area contributed by atoms with Crippen LogP contribution in [0.4, 0.5) is 0 Å². The molecule has 0 radical (unpaired) electrons. The molecular formula is C22H45N9O6. The van der Waals surface area contributed by atoms with Crippen molar-refractivity contribution in [1.82, 2.24) is 16.0 Å². The predicted octanol–water partition coefficient (Wildman–Crippen LogP) is -3.45. The van der Waals surface area contributed by atoms with Crippen molar-refractivity contribution in [3.05, 3.63) is 0 Å². The third-order valence-electron chi connectivity index (χ3n) is 5.51. The number of nitrogens with two attached hydrogens (primary N) is 5. The minimum atomic E-state index is -1.56. The first-order valence-corrected chi connectivity index (χ1v) is 12.5. The molecule has 0 heterocycles. The number of nitrogens with zero attached hydrogens (tertiary/aromatic N) is 1. The Bertz CT molecular complexity index is 746. The molecule has 0 saturated carbocycles. The lowest BCUT2D eigenvalue weighted by atomic mass is 10.0. The zero-order chi connectivity index (χ0) is 28.4. The number of aliphatic imine (C=N–C) groups is 1.